The third kappa shape index (κ3) is 7.21. The highest BCUT2D eigenvalue weighted by atomic mass is 15.7. The zero-order chi connectivity index (χ0) is 16.9. The first-order valence-corrected chi connectivity index (χ1v) is 9.11. The molecule has 132 valence electrons. The molecule has 4 N–H and O–H groups in total. The Kier molecular flexibility index (Phi) is 9.08. The summed E-state index contributed by atoms with van der Waals surface area (Å²) in [5.41, 5.74) is 13.7. The van der Waals surface area contributed by atoms with Crippen molar-refractivity contribution in [3.05, 3.63) is 30.5 Å². The standard InChI is InChI=1S/C18H30N6/c1-2-3-4-5-6-7-8-11-14-20-23-24-22-18-15-19-16-12-9-10-13-17(16)21-18/h9-10,12-13,15,20,23-24H,2-8,11,14H2,1H3,(H,21,22). The fourth-order valence-electron chi connectivity index (χ4n) is 2.57. The molecule has 1 aromatic heterocycles. The van der Waals surface area contributed by atoms with Gasteiger partial charge in [0, 0.05) is 6.54 Å². The largest absolute Gasteiger partial charge is 0.290 e. The highest BCUT2D eigenvalue weighted by molar-refractivity contribution is 5.75. The number of nitrogens with one attached hydrogen (secondary N) is 4. The molecule has 1 aromatic carbocycles. The zero-order valence-electron chi connectivity index (χ0n) is 14.6. The molecule has 0 spiro atoms. The van der Waals surface area contributed by atoms with Crippen LogP contribution >= 0.6 is 0 Å². The van der Waals surface area contributed by atoms with Crippen LogP contribution in [0.1, 0.15) is 58.3 Å². The second-order valence-electron chi connectivity index (χ2n) is 6.02. The second-order valence-corrected chi connectivity index (χ2v) is 6.02. The van der Waals surface area contributed by atoms with Crippen LogP contribution in [-0.2, 0) is 0 Å². The van der Waals surface area contributed by atoms with E-state index in [1.54, 1.807) is 6.20 Å². The fraction of sp³-hybridized carbons (Fsp3) is 0.556. The van der Waals surface area contributed by atoms with Crippen molar-refractivity contribution in [2.45, 2.75) is 58.3 Å². The van der Waals surface area contributed by atoms with Gasteiger partial charge in [-0.1, -0.05) is 64.0 Å². The van der Waals surface area contributed by atoms with Crippen LogP contribution in [0, 0.1) is 0 Å². The number of hydrogen-bond acceptors (Lipinski definition) is 6. The number of aromatic nitrogens is 2. The minimum absolute atomic E-state index is 0.676. The van der Waals surface area contributed by atoms with E-state index in [0.29, 0.717) is 5.82 Å². The number of hydrogen-bond donors (Lipinski definition) is 4. The molecule has 0 aliphatic rings. The van der Waals surface area contributed by atoms with Crippen LogP contribution in [0.4, 0.5) is 5.82 Å². The average molecular weight is 330 g/mol. The third-order valence-electron chi connectivity index (χ3n) is 3.95. The molecular formula is C18H30N6. The number of para-hydroxylation sites is 2. The van der Waals surface area contributed by atoms with E-state index in [4.69, 9.17) is 0 Å². The molecule has 0 aliphatic heterocycles. The SMILES string of the molecule is CCCCCCCCCCNNNNc1cnc2ccccc2n1. The van der Waals surface area contributed by atoms with Crippen molar-refractivity contribution < 1.29 is 0 Å². The van der Waals surface area contributed by atoms with Crippen molar-refractivity contribution in [1.29, 1.82) is 0 Å². The lowest BCUT2D eigenvalue weighted by Gasteiger charge is -2.10. The minimum atomic E-state index is 0.676. The first kappa shape index (κ1) is 18.6. The van der Waals surface area contributed by atoms with Crippen LogP contribution in [0.2, 0.25) is 0 Å². The van der Waals surface area contributed by atoms with E-state index in [2.05, 4.69) is 38.8 Å². The fourth-order valence-corrected chi connectivity index (χ4v) is 2.57. The normalized spacial score (nSPS) is 11.0. The van der Waals surface area contributed by atoms with Gasteiger partial charge in [0.05, 0.1) is 17.2 Å². The van der Waals surface area contributed by atoms with Gasteiger partial charge in [-0.25, -0.2) is 10.4 Å². The summed E-state index contributed by atoms with van der Waals surface area (Å²) in [5.74, 6) is 0.676. The first-order chi connectivity index (χ1) is 11.9. The number of fused-ring (bicyclic) bond motifs is 1. The third-order valence-corrected chi connectivity index (χ3v) is 3.95. The molecule has 0 amide bonds. The van der Waals surface area contributed by atoms with Crippen LogP contribution < -0.4 is 21.9 Å². The summed E-state index contributed by atoms with van der Waals surface area (Å²) in [6.45, 7) is 3.20. The van der Waals surface area contributed by atoms with E-state index in [-0.39, 0.29) is 0 Å². The van der Waals surface area contributed by atoms with Crippen LogP contribution in [0.25, 0.3) is 11.0 Å². The molecule has 0 saturated heterocycles. The molecule has 0 saturated carbocycles. The highest BCUT2D eigenvalue weighted by Crippen LogP contribution is 2.10. The number of benzene rings is 1. The zero-order valence-corrected chi connectivity index (χ0v) is 14.6. The lowest BCUT2D eigenvalue weighted by Crippen LogP contribution is -2.46. The predicted octanol–water partition coefficient (Wildman–Crippen LogP) is 3.70. The molecule has 6 heteroatoms. The Morgan fingerprint density at radius 3 is 2.33 bits per heavy atom. The summed E-state index contributed by atoms with van der Waals surface area (Å²) in [6, 6.07) is 7.81. The molecule has 1 heterocycles. The average Bonchev–Trinajstić information content (AvgIpc) is 2.62. The molecule has 0 bridgehead atoms. The van der Waals surface area contributed by atoms with E-state index in [0.717, 1.165) is 17.6 Å². The van der Waals surface area contributed by atoms with Gasteiger partial charge in [0.1, 0.15) is 0 Å². The molecule has 2 aromatic rings. The van der Waals surface area contributed by atoms with Crippen LogP contribution in [0.15, 0.2) is 30.5 Å². The first-order valence-electron chi connectivity index (χ1n) is 9.11. The van der Waals surface area contributed by atoms with Crippen LogP contribution in [-0.4, -0.2) is 16.5 Å². The summed E-state index contributed by atoms with van der Waals surface area (Å²) in [5, 5.41) is 0. The quantitative estimate of drug-likeness (QED) is 0.331. The summed E-state index contributed by atoms with van der Waals surface area (Å²) in [7, 11) is 0. The molecule has 0 atom stereocenters. The molecule has 0 aliphatic carbocycles. The van der Waals surface area contributed by atoms with Gasteiger partial charge in [0.15, 0.2) is 5.82 Å². The van der Waals surface area contributed by atoms with Crippen molar-refractivity contribution >= 4 is 16.9 Å². The maximum atomic E-state index is 4.46. The maximum absolute atomic E-state index is 4.46. The number of anilines is 1. The van der Waals surface area contributed by atoms with Crippen molar-refractivity contribution in [2.24, 2.45) is 0 Å². The number of hydrazine groups is 3. The van der Waals surface area contributed by atoms with Crippen molar-refractivity contribution in [3.8, 4) is 0 Å². The Labute approximate surface area is 144 Å². The van der Waals surface area contributed by atoms with Crippen LogP contribution in [0.5, 0.6) is 0 Å². The Morgan fingerprint density at radius 2 is 1.54 bits per heavy atom. The van der Waals surface area contributed by atoms with Gasteiger partial charge in [-0.2, -0.15) is 11.1 Å². The summed E-state index contributed by atoms with van der Waals surface area (Å²) < 4.78 is 0. The minimum Gasteiger partial charge on any atom is -0.290 e. The molecule has 0 unspecified atom stereocenters. The number of rotatable bonds is 13. The Balaban J connectivity index is 1.46. The summed E-state index contributed by atoms with van der Waals surface area (Å²) in [6.07, 6.45) is 12.4. The lowest BCUT2D eigenvalue weighted by molar-refractivity contribution is 0.449. The molecule has 0 radical (unpaired) electrons. The predicted molar refractivity (Wildman–Crippen MR) is 100 cm³/mol. The Hall–Kier alpha value is -1.76. The summed E-state index contributed by atoms with van der Waals surface area (Å²) >= 11 is 0. The Bertz CT molecular complexity index is 574. The topological polar surface area (TPSA) is 73.9 Å². The second kappa shape index (κ2) is 11.7. The van der Waals surface area contributed by atoms with Gasteiger partial charge in [-0.05, 0) is 18.6 Å². The van der Waals surface area contributed by atoms with Crippen molar-refractivity contribution in [3.63, 3.8) is 0 Å². The van der Waals surface area contributed by atoms with Gasteiger partial charge >= 0.3 is 0 Å². The monoisotopic (exact) mass is 330 g/mol. The van der Waals surface area contributed by atoms with E-state index in [1.807, 2.05) is 24.3 Å². The molecule has 2 rings (SSSR count). The Morgan fingerprint density at radius 1 is 0.833 bits per heavy atom. The van der Waals surface area contributed by atoms with Crippen molar-refractivity contribution in [2.75, 3.05) is 12.0 Å². The number of unbranched alkanes of at least 4 members (excludes halogenated alkanes) is 7. The lowest BCUT2D eigenvalue weighted by atomic mass is 10.1. The van der Waals surface area contributed by atoms with E-state index in [1.165, 1.54) is 51.4 Å². The highest BCUT2D eigenvalue weighted by Gasteiger charge is 1.97. The molecule has 6 nitrogen and oxygen atoms in total. The van der Waals surface area contributed by atoms with Gasteiger partial charge in [0.25, 0.3) is 0 Å². The molecular weight excluding hydrogens is 300 g/mol. The van der Waals surface area contributed by atoms with Gasteiger partial charge < -0.3 is 0 Å². The maximum Gasteiger partial charge on any atom is 0.160 e. The van der Waals surface area contributed by atoms with Gasteiger partial charge in [0.2, 0.25) is 0 Å². The smallest absolute Gasteiger partial charge is 0.160 e. The molecule has 24 heavy (non-hydrogen) atoms. The van der Waals surface area contributed by atoms with E-state index < -0.39 is 0 Å². The van der Waals surface area contributed by atoms with Crippen molar-refractivity contribution in [1.82, 2.24) is 26.5 Å². The van der Waals surface area contributed by atoms with Gasteiger partial charge in [-0.3, -0.25) is 10.4 Å². The molecule has 0 fully saturated rings. The van der Waals surface area contributed by atoms with Crippen LogP contribution in [0.3, 0.4) is 0 Å². The summed E-state index contributed by atoms with van der Waals surface area (Å²) in [4.78, 5) is 8.80. The van der Waals surface area contributed by atoms with E-state index >= 15 is 0 Å². The number of nitrogens with zero attached hydrogens (tertiary/aromatic N) is 2. The van der Waals surface area contributed by atoms with Gasteiger partial charge in [-0.15, -0.1) is 0 Å². The van der Waals surface area contributed by atoms with E-state index in [9.17, 15) is 0 Å².